The molecule has 1 aromatic heterocycles. The summed E-state index contributed by atoms with van der Waals surface area (Å²) >= 11 is 4.59. The second-order valence-corrected chi connectivity index (χ2v) is 6.27. The SMILES string of the molecule is O=C(NC1(C(=O)O)CCCCC1)c1sccc1Br. The van der Waals surface area contributed by atoms with Crippen molar-refractivity contribution in [3.05, 3.63) is 20.8 Å². The molecule has 4 nitrogen and oxygen atoms in total. The molecule has 18 heavy (non-hydrogen) atoms. The normalized spacial score (nSPS) is 18.3. The van der Waals surface area contributed by atoms with Crippen LogP contribution in [0.2, 0.25) is 0 Å². The van der Waals surface area contributed by atoms with Crippen molar-refractivity contribution < 1.29 is 14.7 Å². The van der Waals surface area contributed by atoms with E-state index >= 15 is 0 Å². The number of carboxylic acid groups (broad SMARTS) is 1. The Bertz CT molecular complexity index is 466. The van der Waals surface area contributed by atoms with Crippen LogP contribution in [0.15, 0.2) is 15.9 Å². The molecule has 1 amide bonds. The van der Waals surface area contributed by atoms with Gasteiger partial charge in [0.25, 0.3) is 5.91 Å². The lowest BCUT2D eigenvalue weighted by atomic mass is 9.81. The number of rotatable bonds is 3. The van der Waals surface area contributed by atoms with Crippen LogP contribution < -0.4 is 5.32 Å². The van der Waals surface area contributed by atoms with Gasteiger partial charge >= 0.3 is 5.97 Å². The van der Waals surface area contributed by atoms with Crippen LogP contribution in [0, 0.1) is 0 Å². The molecular formula is C12H14BrNO3S. The number of carbonyl (C=O) groups excluding carboxylic acids is 1. The third-order valence-corrected chi connectivity index (χ3v) is 5.13. The van der Waals surface area contributed by atoms with E-state index in [-0.39, 0.29) is 5.91 Å². The van der Waals surface area contributed by atoms with E-state index in [1.165, 1.54) is 11.3 Å². The van der Waals surface area contributed by atoms with E-state index in [0.29, 0.717) is 22.2 Å². The van der Waals surface area contributed by atoms with Crippen LogP contribution in [0.1, 0.15) is 41.8 Å². The van der Waals surface area contributed by atoms with E-state index < -0.39 is 11.5 Å². The first kappa shape index (κ1) is 13.5. The van der Waals surface area contributed by atoms with Gasteiger partial charge in [0, 0.05) is 4.47 Å². The van der Waals surface area contributed by atoms with E-state index in [0.717, 1.165) is 19.3 Å². The second kappa shape index (κ2) is 5.40. The molecule has 0 saturated heterocycles. The van der Waals surface area contributed by atoms with Crippen LogP contribution in [0.25, 0.3) is 0 Å². The highest BCUT2D eigenvalue weighted by molar-refractivity contribution is 9.10. The first-order valence-electron chi connectivity index (χ1n) is 5.84. The number of aliphatic carboxylic acids is 1. The van der Waals surface area contributed by atoms with Gasteiger partial charge in [-0.3, -0.25) is 4.79 Å². The number of thiophene rings is 1. The van der Waals surface area contributed by atoms with Gasteiger partial charge in [0.2, 0.25) is 0 Å². The fourth-order valence-electron chi connectivity index (χ4n) is 2.28. The maximum absolute atomic E-state index is 12.1. The number of halogens is 1. The van der Waals surface area contributed by atoms with Crippen LogP contribution in [0.3, 0.4) is 0 Å². The summed E-state index contributed by atoms with van der Waals surface area (Å²) in [5.74, 6) is -1.23. The Morgan fingerprint density at radius 1 is 1.33 bits per heavy atom. The molecule has 0 radical (unpaired) electrons. The number of nitrogens with one attached hydrogen (secondary N) is 1. The fraction of sp³-hybridized carbons (Fsp3) is 0.500. The van der Waals surface area contributed by atoms with Gasteiger partial charge in [0.15, 0.2) is 0 Å². The lowest BCUT2D eigenvalue weighted by Crippen LogP contribution is -2.55. The third-order valence-electron chi connectivity index (χ3n) is 3.29. The predicted molar refractivity (Wildman–Crippen MR) is 72.9 cm³/mol. The second-order valence-electron chi connectivity index (χ2n) is 4.50. The molecule has 0 atom stereocenters. The van der Waals surface area contributed by atoms with Crippen molar-refractivity contribution in [3.8, 4) is 0 Å². The molecule has 2 N–H and O–H groups in total. The first-order chi connectivity index (χ1) is 8.55. The Balaban J connectivity index is 2.17. The van der Waals surface area contributed by atoms with E-state index in [1.54, 1.807) is 11.4 Å². The molecule has 1 saturated carbocycles. The molecule has 1 aromatic rings. The van der Waals surface area contributed by atoms with Crippen LogP contribution in [0.4, 0.5) is 0 Å². The maximum atomic E-state index is 12.1. The summed E-state index contributed by atoms with van der Waals surface area (Å²) in [7, 11) is 0. The van der Waals surface area contributed by atoms with Crippen LogP contribution >= 0.6 is 27.3 Å². The molecule has 1 aliphatic rings. The fourth-order valence-corrected chi connectivity index (χ4v) is 3.72. The van der Waals surface area contributed by atoms with Crippen LogP contribution in [-0.4, -0.2) is 22.5 Å². The highest BCUT2D eigenvalue weighted by atomic mass is 79.9. The summed E-state index contributed by atoms with van der Waals surface area (Å²) in [6, 6.07) is 1.79. The predicted octanol–water partition coefficient (Wildman–Crippen LogP) is 3.03. The van der Waals surface area contributed by atoms with Gasteiger partial charge in [-0.15, -0.1) is 11.3 Å². The quantitative estimate of drug-likeness (QED) is 0.894. The Morgan fingerprint density at radius 3 is 2.50 bits per heavy atom. The summed E-state index contributed by atoms with van der Waals surface area (Å²) in [6.07, 6.45) is 3.75. The zero-order valence-electron chi connectivity index (χ0n) is 9.74. The molecular weight excluding hydrogens is 318 g/mol. The standard InChI is InChI=1S/C12H14BrNO3S/c13-8-4-7-18-9(8)10(15)14-12(11(16)17)5-2-1-3-6-12/h4,7H,1-3,5-6H2,(H,14,15)(H,16,17). The molecule has 2 rings (SSSR count). The lowest BCUT2D eigenvalue weighted by Gasteiger charge is -2.33. The van der Waals surface area contributed by atoms with Gasteiger partial charge in [0.05, 0.1) is 0 Å². The molecule has 98 valence electrons. The highest BCUT2D eigenvalue weighted by Crippen LogP contribution is 2.30. The van der Waals surface area contributed by atoms with E-state index in [4.69, 9.17) is 0 Å². The molecule has 6 heteroatoms. The number of hydrogen-bond donors (Lipinski definition) is 2. The van der Waals surface area contributed by atoms with Gasteiger partial charge in [-0.1, -0.05) is 19.3 Å². The first-order valence-corrected chi connectivity index (χ1v) is 7.51. The minimum atomic E-state index is -1.08. The van der Waals surface area contributed by atoms with E-state index in [1.807, 2.05) is 0 Å². The molecule has 1 fully saturated rings. The average Bonchev–Trinajstić information content (AvgIpc) is 2.76. The van der Waals surface area contributed by atoms with Crippen molar-refractivity contribution >= 4 is 39.1 Å². The molecule has 1 aliphatic carbocycles. The van der Waals surface area contributed by atoms with Crippen molar-refractivity contribution in [1.29, 1.82) is 0 Å². The molecule has 1 heterocycles. The summed E-state index contributed by atoms with van der Waals surface area (Å²) < 4.78 is 0.710. The topological polar surface area (TPSA) is 66.4 Å². The van der Waals surface area contributed by atoms with Gasteiger partial charge < -0.3 is 10.4 Å². The zero-order chi connectivity index (χ0) is 13.2. The minimum absolute atomic E-state index is 0.304. The molecule has 0 bridgehead atoms. The third kappa shape index (κ3) is 2.59. The number of hydrogen-bond acceptors (Lipinski definition) is 3. The van der Waals surface area contributed by atoms with Crippen LogP contribution in [-0.2, 0) is 4.79 Å². The Kier molecular flexibility index (Phi) is 4.07. The van der Waals surface area contributed by atoms with E-state index in [9.17, 15) is 14.7 Å². The van der Waals surface area contributed by atoms with Crippen molar-refractivity contribution in [2.24, 2.45) is 0 Å². The summed E-state index contributed by atoms with van der Waals surface area (Å²) in [4.78, 5) is 24.1. The van der Waals surface area contributed by atoms with Crippen molar-refractivity contribution in [2.45, 2.75) is 37.6 Å². The van der Waals surface area contributed by atoms with Crippen molar-refractivity contribution in [2.75, 3.05) is 0 Å². The van der Waals surface area contributed by atoms with Crippen molar-refractivity contribution in [1.82, 2.24) is 5.32 Å². The van der Waals surface area contributed by atoms with E-state index in [2.05, 4.69) is 21.2 Å². The lowest BCUT2D eigenvalue weighted by molar-refractivity contribution is -0.145. The number of carboxylic acids is 1. The average molecular weight is 332 g/mol. The van der Waals surface area contributed by atoms with Gasteiger partial charge in [-0.25, -0.2) is 4.79 Å². The Morgan fingerprint density at radius 2 is 2.00 bits per heavy atom. The smallest absolute Gasteiger partial charge is 0.329 e. The highest BCUT2D eigenvalue weighted by Gasteiger charge is 2.41. The van der Waals surface area contributed by atoms with Gasteiger partial charge in [-0.05, 0) is 40.2 Å². The number of carbonyl (C=O) groups is 2. The zero-order valence-corrected chi connectivity index (χ0v) is 12.1. The Labute approximate surface area is 118 Å². The summed E-state index contributed by atoms with van der Waals surface area (Å²) in [5.41, 5.74) is -1.08. The van der Waals surface area contributed by atoms with Gasteiger partial charge in [-0.2, -0.15) is 0 Å². The molecule has 0 aliphatic heterocycles. The summed E-state index contributed by atoms with van der Waals surface area (Å²) in [5, 5.41) is 13.9. The Hall–Kier alpha value is -0.880. The monoisotopic (exact) mass is 331 g/mol. The minimum Gasteiger partial charge on any atom is -0.480 e. The molecule has 0 spiro atoms. The van der Waals surface area contributed by atoms with Crippen molar-refractivity contribution in [3.63, 3.8) is 0 Å². The van der Waals surface area contributed by atoms with Gasteiger partial charge in [0.1, 0.15) is 10.4 Å². The number of amides is 1. The maximum Gasteiger partial charge on any atom is 0.329 e. The molecule has 0 aromatic carbocycles. The van der Waals surface area contributed by atoms with Crippen LogP contribution in [0.5, 0.6) is 0 Å². The summed E-state index contributed by atoms with van der Waals surface area (Å²) in [6.45, 7) is 0. The largest absolute Gasteiger partial charge is 0.480 e. The molecule has 0 unspecified atom stereocenters.